The number of hydrogen-bond acceptors (Lipinski definition) is 4. The molecule has 1 aliphatic rings. The van der Waals surface area contributed by atoms with Crippen molar-refractivity contribution < 1.29 is 12.8 Å². The van der Waals surface area contributed by atoms with E-state index in [0.29, 0.717) is 19.6 Å². The first-order valence-corrected chi connectivity index (χ1v) is 7.36. The normalized spacial score (nSPS) is 22.8. The number of nitrogens with one attached hydrogen (secondary N) is 1. The van der Waals surface area contributed by atoms with E-state index in [9.17, 15) is 8.42 Å². The van der Waals surface area contributed by atoms with Crippen molar-refractivity contribution in [3.8, 4) is 0 Å². The van der Waals surface area contributed by atoms with E-state index in [1.54, 1.807) is 10.4 Å². The van der Waals surface area contributed by atoms with Gasteiger partial charge in [0, 0.05) is 25.7 Å². The summed E-state index contributed by atoms with van der Waals surface area (Å²) in [6, 6.07) is 3.13. The second-order valence-electron chi connectivity index (χ2n) is 4.19. The summed E-state index contributed by atoms with van der Waals surface area (Å²) in [4.78, 5) is 0. The van der Waals surface area contributed by atoms with Crippen LogP contribution in [0.4, 0.5) is 0 Å². The molecule has 0 spiro atoms. The molecule has 6 heteroatoms. The molecule has 0 amide bonds. The molecular formula is C11H18N2O3S. The van der Waals surface area contributed by atoms with Crippen LogP contribution in [0.3, 0.4) is 0 Å². The van der Waals surface area contributed by atoms with E-state index in [4.69, 9.17) is 4.42 Å². The molecule has 1 N–H and O–H groups in total. The molecule has 1 aromatic heterocycles. The molecule has 1 aliphatic heterocycles. The molecule has 1 unspecified atom stereocenters. The van der Waals surface area contributed by atoms with E-state index in [-0.39, 0.29) is 11.1 Å². The summed E-state index contributed by atoms with van der Waals surface area (Å²) in [5.74, 6) is 0. The Hall–Kier alpha value is -0.850. The zero-order valence-electron chi connectivity index (χ0n) is 9.93. The highest BCUT2D eigenvalue weighted by Crippen LogP contribution is 2.21. The van der Waals surface area contributed by atoms with Gasteiger partial charge in [-0.2, -0.15) is 4.31 Å². The van der Waals surface area contributed by atoms with Crippen molar-refractivity contribution in [3.63, 3.8) is 0 Å². The van der Waals surface area contributed by atoms with E-state index >= 15 is 0 Å². The number of nitrogens with zero attached hydrogens (tertiary/aromatic N) is 1. The molecule has 0 saturated carbocycles. The second kappa shape index (κ2) is 5.20. The van der Waals surface area contributed by atoms with Crippen molar-refractivity contribution >= 4 is 10.0 Å². The number of sulfonamides is 1. The molecule has 0 radical (unpaired) electrons. The summed E-state index contributed by atoms with van der Waals surface area (Å²) in [5.41, 5.74) is 0. The average Bonchev–Trinajstić information content (AvgIpc) is 2.84. The van der Waals surface area contributed by atoms with Crippen LogP contribution in [0.15, 0.2) is 27.9 Å². The third-order valence-electron chi connectivity index (χ3n) is 2.98. The first-order chi connectivity index (χ1) is 8.16. The quantitative estimate of drug-likeness (QED) is 0.876. The van der Waals surface area contributed by atoms with Gasteiger partial charge in [0.25, 0.3) is 10.0 Å². The highest BCUT2D eigenvalue weighted by molar-refractivity contribution is 7.89. The van der Waals surface area contributed by atoms with Gasteiger partial charge >= 0.3 is 0 Å². The van der Waals surface area contributed by atoms with Crippen molar-refractivity contribution in [3.05, 3.63) is 18.4 Å². The van der Waals surface area contributed by atoms with Crippen molar-refractivity contribution in [1.29, 1.82) is 0 Å². The summed E-state index contributed by atoms with van der Waals surface area (Å²) >= 11 is 0. The smallest absolute Gasteiger partial charge is 0.276 e. The van der Waals surface area contributed by atoms with Crippen LogP contribution in [-0.4, -0.2) is 38.4 Å². The standard InChI is InChI=1S/C11H18N2O3S/c1-2-4-10-9-12-6-7-13(10)17(14,15)11-5-3-8-16-11/h3,5,8,10,12H,2,4,6-7,9H2,1H3. The molecule has 2 heterocycles. The predicted molar refractivity (Wildman–Crippen MR) is 64.2 cm³/mol. The molecule has 17 heavy (non-hydrogen) atoms. The van der Waals surface area contributed by atoms with Crippen LogP contribution < -0.4 is 5.32 Å². The van der Waals surface area contributed by atoms with Gasteiger partial charge in [-0.3, -0.25) is 0 Å². The predicted octanol–water partition coefficient (Wildman–Crippen LogP) is 1.04. The second-order valence-corrected chi connectivity index (χ2v) is 6.02. The summed E-state index contributed by atoms with van der Waals surface area (Å²) in [6.45, 7) is 3.98. The van der Waals surface area contributed by atoms with Crippen LogP contribution in [-0.2, 0) is 10.0 Å². The lowest BCUT2D eigenvalue weighted by atomic mass is 10.1. The molecule has 1 saturated heterocycles. The lowest BCUT2D eigenvalue weighted by molar-refractivity contribution is 0.248. The number of furan rings is 1. The fraction of sp³-hybridized carbons (Fsp3) is 0.636. The number of piperazine rings is 1. The van der Waals surface area contributed by atoms with Crippen LogP contribution in [0.25, 0.3) is 0 Å². The fourth-order valence-corrected chi connectivity index (χ4v) is 3.73. The minimum atomic E-state index is -3.46. The summed E-state index contributed by atoms with van der Waals surface area (Å²) in [6.07, 6.45) is 3.23. The van der Waals surface area contributed by atoms with Gasteiger partial charge in [0.2, 0.25) is 5.09 Å². The molecule has 1 atom stereocenters. The van der Waals surface area contributed by atoms with Crippen LogP contribution in [0.1, 0.15) is 19.8 Å². The molecular weight excluding hydrogens is 240 g/mol. The van der Waals surface area contributed by atoms with E-state index in [1.807, 2.05) is 0 Å². The van der Waals surface area contributed by atoms with Crippen LogP contribution in [0, 0.1) is 0 Å². The maximum Gasteiger partial charge on any atom is 0.276 e. The number of rotatable bonds is 4. The van der Waals surface area contributed by atoms with Gasteiger partial charge in [0.15, 0.2) is 0 Å². The maximum atomic E-state index is 12.3. The monoisotopic (exact) mass is 258 g/mol. The lowest BCUT2D eigenvalue weighted by Crippen LogP contribution is -2.53. The van der Waals surface area contributed by atoms with Gasteiger partial charge in [0.1, 0.15) is 0 Å². The van der Waals surface area contributed by atoms with E-state index in [1.165, 1.54) is 12.3 Å². The Kier molecular flexibility index (Phi) is 3.86. The third kappa shape index (κ3) is 2.53. The van der Waals surface area contributed by atoms with Crippen molar-refractivity contribution in [2.45, 2.75) is 30.9 Å². The van der Waals surface area contributed by atoms with E-state index < -0.39 is 10.0 Å². The number of hydrogen-bond donors (Lipinski definition) is 1. The zero-order valence-corrected chi connectivity index (χ0v) is 10.7. The maximum absolute atomic E-state index is 12.3. The van der Waals surface area contributed by atoms with Crippen molar-refractivity contribution in [2.24, 2.45) is 0 Å². The Morgan fingerprint density at radius 1 is 1.59 bits per heavy atom. The Bertz CT molecular complexity index is 439. The molecule has 2 rings (SSSR count). The Balaban J connectivity index is 2.24. The average molecular weight is 258 g/mol. The summed E-state index contributed by atoms with van der Waals surface area (Å²) in [5, 5.41) is 3.27. The van der Waals surface area contributed by atoms with Crippen LogP contribution in [0.5, 0.6) is 0 Å². The zero-order chi connectivity index (χ0) is 12.3. The van der Waals surface area contributed by atoms with Gasteiger partial charge in [-0.25, -0.2) is 8.42 Å². The van der Waals surface area contributed by atoms with Crippen LogP contribution in [0.2, 0.25) is 0 Å². The Morgan fingerprint density at radius 3 is 3.06 bits per heavy atom. The first-order valence-electron chi connectivity index (χ1n) is 5.92. The fourth-order valence-electron chi connectivity index (χ4n) is 2.16. The summed E-state index contributed by atoms with van der Waals surface area (Å²) < 4.78 is 31.3. The van der Waals surface area contributed by atoms with Gasteiger partial charge < -0.3 is 9.73 Å². The van der Waals surface area contributed by atoms with E-state index in [2.05, 4.69) is 12.2 Å². The third-order valence-corrected chi connectivity index (χ3v) is 4.82. The van der Waals surface area contributed by atoms with Crippen molar-refractivity contribution in [1.82, 2.24) is 9.62 Å². The molecule has 1 aromatic rings. The van der Waals surface area contributed by atoms with Crippen molar-refractivity contribution in [2.75, 3.05) is 19.6 Å². The molecule has 96 valence electrons. The van der Waals surface area contributed by atoms with Crippen LogP contribution >= 0.6 is 0 Å². The molecule has 5 nitrogen and oxygen atoms in total. The molecule has 1 fully saturated rings. The van der Waals surface area contributed by atoms with Gasteiger partial charge in [-0.1, -0.05) is 13.3 Å². The minimum Gasteiger partial charge on any atom is -0.452 e. The topological polar surface area (TPSA) is 62.6 Å². The largest absolute Gasteiger partial charge is 0.452 e. The minimum absolute atomic E-state index is 0.0313. The van der Waals surface area contributed by atoms with Gasteiger partial charge in [-0.05, 0) is 18.6 Å². The Morgan fingerprint density at radius 2 is 2.41 bits per heavy atom. The van der Waals surface area contributed by atoms with Gasteiger partial charge in [-0.15, -0.1) is 0 Å². The highest BCUT2D eigenvalue weighted by atomic mass is 32.2. The first kappa shape index (κ1) is 12.6. The van der Waals surface area contributed by atoms with Gasteiger partial charge in [0.05, 0.1) is 6.26 Å². The summed E-state index contributed by atoms with van der Waals surface area (Å²) in [7, 11) is -3.46. The molecule has 0 bridgehead atoms. The highest BCUT2D eigenvalue weighted by Gasteiger charge is 2.34. The molecule has 0 aliphatic carbocycles. The molecule has 0 aromatic carbocycles. The Labute approximate surface area is 102 Å². The van der Waals surface area contributed by atoms with E-state index in [0.717, 1.165) is 12.8 Å². The SMILES string of the molecule is CCCC1CNCCN1S(=O)(=O)c1ccco1. The lowest BCUT2D eigenvalue weighted by Gasteiger charge is -2.34.